The topological polar surface area (TPSA) is 14.2 Å². The normalized spacial score (nSPS) is 12.1. The molecule has 1 aromatic heterocycles. The van der Waals surface area contributed by atoms with Crippen molar-refractivity contribution in [3.8, 4) is 39.4 Å². The van der Waals surface area contributed by atoms with E-state index in [4.69, 9.17) is 4.74 Å². The molecule has 0 N–H and O–H groups in total. The maximum absolute atomic E-state index is 6.48. The number of aromatic nitrogens is 1. The number of nitrogens with zero attached hydrogens (tertiary/aromatic N) is 1. The average molecular weight is 460 g/mol. The van der Waals surface area contributed by atoms with Gasteiger partial charge in [0.1, 0.15) is 11.5 Å². The monoisotopic (exact) mass is 459 g/mol. The van der Waals surface area contributed by atoms with Gasteiger partial charge in [-0.25, -0.2) is 0 Å². The van der Waals surface area contributed by atoms with Crippen molar-refractivity contribution in [1.82, 2.24) is 4.57 Å². The Morgan fingerprint density at radius 2 is 1.11 bits per heavy atom. The average Bonchev–Trinajstić information content (AvgIpc) is 3.28. The Hall–Kier alpha value is -4.82. The lowest BCUT2D eigenvalue weighted by molar-refractivity contribution is 0.487. The Labute approximate surface area is 208 Å². The van der Waals surface area contributed by atoms with Gasteiger partial charge in [0.15, 0.2) is 0 Å². The van der Waals surface area contributed by atoms with Crippen molar-refractivity contribution in [3.05, 3.63) is 127 Å². The molecule has 0 unspecified atom stereocenters. The Kier molecular flexibility index (Phi) is 3.97. The van der Waals surface area contributed by atoms with Crippen LogP contribution < -0.4 is 4.74 Å². The van der Waals surface area contributed by atoms with Crippen molar-refractivity contribution < 1.29 is 4.74 Å². The third kappa shape index (κ3) is 2.67. The number of benzene rings is 6. The maximum Gasteiger partial charge on any atom is 0.135 e. The number of hydrogen-bond donors (Lipinski definition) is 0. The first-order valence-electron chi connectivity index (χ1n) is 12.3. The zero-order chi connectivity index (χ0) is 23.6. The van der Waals surface area contributed by atoms with Crippen LogP contribution in [0.2, 0.25) is 0 Å². The lowest BCUT2D eigenvalue weighted by Gasteiger charge is -2.23. The van der Waals surface area contributed by atoms with Gasteiger partial charge in [0.05, 0.1) is 11.0 Å². The fourth-order valence-electron chi connectivity index (χ4n) is 5.83. The molecule has 1 aliphatic rings. The predicted octanol–water partition coefficient (Wildman–Crippen LogP) is 9.38. The van der Waals surface area contributed by atoms with Crippen molar-refractivity contribution >= 4 is 32.6 Å². The van der Waals surface area contributed by atoms with Gasteiger partial charge in [-0.1, -0.05) is 91.0 Å². The third-order valence-corrected chi connectivity index (χ3v) is 7.40. The van der Waals surface area contributed by atoms with E-state index in [1.54, 1.807) is 0 Å². The molecule has 0 radical (unpaired) electrons. The van der Waals surface area contributed by atoms with E-state index in [2.05, 4.69) is 132 Å². The summed E-state index contributed by atoms with van der Waals surface area (Å²) in [7, 11) is 0. The highest BCUT2D eigenvalue weighted by atomic mass is 16.5. The molecule has 1 aliphatic heterocycles. The highest BCUT2D eigenvalue weighted by Gasteiger charge is 2.23. The van der Waals surface area contributed by atoms with Gasteiger partial charge in [-0.2, -0.15) is 0 Å². The quantitative estimate of drug-likeness (QED) is 0.251. The fourth-order valence-corrected chi connectivity index (χ4v) is 5.83. The van der Waals surface area contributed by atoms with Gasteiger partial charge in [0, 0.05) is 27.4 Å². The lowest BCUT2D eigenvalue weighted by atomic mass is 9.90. The molecule has 0 atom stereocenters. The van der Waals surface area contributed by atoms with Gasteiger partial charge < -0.3 is 9.30 Å². The molecule has 0 saturated heterocycles. The highest BCUT2D eigenvalue weighted by Crippen LogP contribution is 2.49. The first-order chi connectivity index (χ1) is 17.9. The fraction of sp³-hybridized carbons (Fsp3) is 0. The maximum atomic E-state index is 6.48. The van der Waals surface area contributed by atoms with Crippen LogP contribution in [0.3, 0.4) is 0 Å². The molecule has 2 heterocycles. The van der Waals surface area contributed by atoms with Crippen LogP contribution in [0.4, 0.5) is 0 Å². The minimum atomic E-state index is 0.895. The Balaban J connectivity index is 1.40. The van der Waals surface area contributed by atoms with E-state index >= 15 is 0 Å². The molecule has 0 spiro atoms. The minimum absolute atomic E-state index is 0.895. The van der Waals surface area contributed by atoms with Crippen LogP contribution in [-0.2, 0) is 0 Å². The minimum Gasteiger partial charge on any atom is -0.456 e. The largest absolute Gasteiger partial charge is 0.456 e. The van der Waals surface area contributed by atoms with E-state index in [0.717, 1.165) is 22.7 Å². The zero-order valence-electron chi connectivity index (χ0n) is 19.5. The molecule has 0 aliphatic carbocycles. The number of ether oxygens (including phenoxy) is 1. The number of fused-ring (bicyclic) bond motifs is 5. The molecule has 2 nitrogen and oxygen atoms in total. The second kappa shape index (κ2) is 7.34. The van der Waals surface area contributed by atoms with E-state index in [1.165, 1.54) is 49.3 Å². The Bertz CT molecular complexity index is 1910. The number of hydrogen-bond acceptors (Lipinski definition) is 1. The van der Waals surface area contributed by atoms with Gasteiger partial charge in [0.25, 0.3) is 0 Å². The summed E-state index contributed by atoms with van der Waals surface area (Å²) >= 11 is 0. The van der Waals surface area contributed by atoms with Crippen LogP contribution in [0.15, 0.2) is 127 Å². The number of para-hydroxylation sites is 2. The second-order valence-corrected chi connectivity index (χ2v) is 9.36. The van der Waals surface area contributed by atoms with Gasteiger partial charge in [0.2, 0.25) is 0 Å². The van der Waals surface area contributed by atoms with Crippen LogP contribution >= 0.6 is 0 Å². The van der Waals surface area contributed by atoms with Crippen molar-refractivity contribution in [2.45, 2.75) is 0 Å². The standard InChI is InChI=1S/C34H21NO/c1-2-9-22(10-3-1)24-18-20-33-34-27(24)13-8-14-28(34)29-21-23(17-19-32(29)36-33)35-30-15-6-4-11-25(30)26-12-5-7-16-31(26)35/h1-21H. The lowest BCUT2D eigenvalue weighted by Crippen LogP contribution is -2.00. The van der Waals surface area contributed by atoms with E-state index in [0.29, 0.717) is 0 Å². The summed E-state index contributed by atoms with van der Waals surface area (Å²) in [4.78, 5) is 0. The van der Waals surface area contributed by atoms with E-state index in [-0.39, 0.29) is 0 Å². The van der Waals surface area contributed by atoms with E-state index < -0.39 is 0 Å². The van der Waals surface area contributed by atoms with E-state index in [1.807, 2.05) is 0 Å². The summed E-state index contributed by atoms with van der Waals surface area (Å²) < 4.78 is 8.84. The molecule has 2 heteroatoms. The molecule has 7 aromatic rings. The number of rotatable bonds is 2. The summed E-state index contributed by atoms with van der Waals surface area (Å²) in [5.74, 6) is 1.81. The van der Waals surface area contributed by atoms with Crippen LogP contribution in [0, 0.1) is 0 Å². The first-order valence-corrected chi connectivity index (χ1v) is 12.3. The summed E-state index contributed by atoms with van der Waals surface area (Å²) in [6.45, 7) is 0. The molecule has 0 bridgehead atoms. The molecular weight excluding hydrogens is 438 g/mol. The van der Waals surface area contributed by atoms with Crippen LogP contribution in [-0.4, -0.2) is 4.57 Å². The molecule has 8 rings (SSSR count). The van der Waals surface area contributed by atoms with Gasteiger partial charge in [-0.3, -0.25) is 0 Å². The smallest absolute Gasteiger partial charge is 0.135 e. The van der Waals surface area contributed by atoms with Gasteiger partial charge in [-0.15, -0.1) is 0 Å². The highest BCUT2D eigenvalue weighted by molar-refractivity contribution is 6.11. The van der Waals surface area contributed by atoms with Crippen molar-refractivity contribution in [1.29, 1.82) is 0 Å². The molecule has 0 amide bonds. The Morgan fingerprint density at radius 3 is 1.89 bits per heavy atom. The molecule has 6 aromatic carbocycles. The first kappa shape index (κ1) is 19.5. The Morgan fingerprint density at radius 1 is 0.444 bits per heavy atom. The third-order valence-electron chi connectivity index (χ3n) is 7.40. The predicted molar refractivity (Wildman–Crippen MR) is 149 cm³/mol. The van der Waals surface area contributed by atoms with Crippen molar-refractivity contribution in [2.75, 3.05) is 0 Å². The molecule has 36 heavy (non-hydrogen) atoms. The SMILES string of the molecule is c1ccc(-c2ccc3c4c(cccc24)-c2cc(-n4c5ccccc5c5ccccc54)ccc2O3)cc1. The molecular formula is C34H21NO. The zero-order valence-corrected chi connectivity index (χ0v) is 19.5. The van der Waals surface area contributed by atoms with Crippen LogP contribution in [0.1, 0.15) is 0 Å². The summed E-state index contributed by atoms with van der Waals surface area (Å²) in [5.41, 5.74) is 8.32. The van der Waals surface area contributed by atoms with E-state index in [9.17, 15) is 0 Å². The molecule has 0 saturated carbocycles. The van der Waals surface area contributed by atoms with Gasteiger partial charge >= 0.3 is 0 Å². The van der Waals surface area contributed by atoms with Crippen molar-refractivity contribution in [3.63, 3.8) is 0 Å². The summed E-state index contributed by atoms with van der Waals surface area (Å²) in [5, 5.41) is 4.92. The van der Waals surface area contributed by atoms with Crippen LogP contribution in [0.25, 0.3) is 60.5 Å². The summed E-state index contributed by atoms with van der Waals surface area (Å²) in [6.07, 6.45) is 0. The molecule has 0 fully saturated rings. The molecule has 168 valence electrons. The van der Waals surface area contributed by atoms with Crippen LogP contribution in [0.5, 0.6) is 11.5 Å². The van der Waals surface area contributed by atoms with Gasteiger partial charge in [-0.05, 0) is 58.5 Å². The second-order valence-electron chi connectivity index (χ2n) is 9.36. The summed E-state index contributed by atoms with van der Waals surface area (Å²) in [6, 6.07) is 45.3. The van der Waals surface area contributed by atoms with Crippen molar-refractivity contribution in [2.24, 2.45) is 0 Å².